The number of nitrogens with zero attached hydrogens (tertiary/aromatic N) is 1. The van der Waals surface area contributed by atoms with Gasteiger partial charge in [-0.2, -0.15) is 0 Å². The highest BCUT2D eigenvalue weighted by atomic mass is 79.9. The Labute approximate surface area is 115 Å². The molecule has 0 radical (unpaired) electrons. The van der Waals surface area contributed by atoms with Crippen LogP contribution in [0.2, 0.25) is 5.02 Å². The highest BCUT2D eigenvalue weighted by molar-refractivity contribution is 9.09. The molecule has 0 bridgehead atoms. The quantitative estimate of drug-likeness (QED) is 0.747. The number of halogens is 2. The molecule has 0 amide bonds. The number of hydrogen-bond donors (Lipinski definition) is 0. The van der Waals surface area contributed by atoms with E-state index in [0.29, 0.717) is 4.83 Å². The van der Waals surface area contributed by atoms with Crippen LogP contribution >= 0.6 is 27.5 Å². The van der Waals surface area contributed by atoms with Crippen LogP contribution in [0.25, 0.3) is 0 Å². The summed E-state index contributed by atoms with van der Waals surface area (Å²) in [4.78, 5) is 4.32. The van der Waals surface area contributed by atoms with Crippen molar-refractivity contribution >= 4 is 27.5 Å². The van der Waals surface area contributed by atoms with Gasteiger partial charge in [-0.3, -0.25) is 4.98 Å². The standard InChI is InChI=1S/C14H13BrClN/c1-10-8-12(2-3-14(10)16)13(15)9-11-4-6-17-7-5-11/h2-8,13H,9H2,1H3. The molecule has 0 aliphatic carbocycles. The summed E-state index contributed by atoms with van der Waals surface area (Å²) in [5.74, 6) is 0. The van der Waals surface area contributed by atoms with E-state index < -0.39 is 0 Å². The van der Waals surface area contributed by atoms with Gasteiger partial charge in [0.15, 0.2) is 0 Å². The second-order valence-electron chi connectivity index (χ2n) is 4.04. The molecule has 1 heterocycles. The van der Waals surface area contributed by atoms with Gasteiger partial charge in [0.1, 0.15) is 0 Å². The smallest absolute Gasteiger partial charge is 0.0435 e. The Hall–Kier alpha value is -0.860. The average molecular weight is 311 g/mol. The zero-order chi connectivity index (χ0) is 12.3. The summed E-state index contributed by atoms with van der Waals surface area (Å²) < 4.78 is 0. The number of rotatable bonds is 3. The fourth-order valence-electron chi connectivity index (χ4n) is 1.71. The van der Waals surface area contributed by atoms with Gasteiger partial charge in [0.2, 0.25) is 0 Å². The lowest BCUT2D eigenvalue weighted by atomic mass is 10.0. The van der Waals surface area contributed by atoms with Crippen molar-refractivity contribution in [3.8, 4) is 0 Å². The van der Waals surface area contributed by atoms with Crippen molar-refractivity contribution in [2.75, 3.05) is 0 Å². The summed E-state index contributed by atoms with van der Waals surface area (Å²) in [7, 11) is 0. The van der Waals surface area contributed by atoms with Gasteiger partial charge in [0.25, 0.3) is 0 Å². The van der Waals surface area contributed by atoms with Gasteiger partial charge >= 0.3 is 0 Å². The average Bonchev–Trinajstić information content (AvgIpc) is 2.34. The van der Waals surface area contributed by atoms with Crippen LogP contribution in [0.5, 0.6) is 0 Å². The molecule has 0 saturated heterocycles. The zero-order valence-electron chi connectivity index (χ0n) is 9.53. The van der Waals surface area contributed by atoms with Gasteiger partial charge in [-0.1, -0.05) is 39.7 Å². The monoisotopic (exact) mass is 309 g/mol. The summed E-state index contributed by atoms with van der Waals surface area (Å²) in [5, 5.41) is 0.817. The van der Waals surface area contributed by atoms with E-state index in [1.807, 2.05) is 37.5 Å². The summed E-state index contributed by atoms with van der Waals surface area (Å²) in [6.45, 7) is 2.03. The van der Waals surface area contributed by atoms with Crippen LogP contribution in [0.1, 0.15) is 21.5 Å². The van der Waals surface area contributed by atoms with Crippen molar-refractivity contribution in [3.63, 3.8) is 0 Å². The second kappa shape index (κ2) is 5.65. The van der Waals surface area contributed by atoms with E-state index in [2.05, 4.69) is 33.0 Å². The van der Waals surface area contributed by atoms with E-state index in [1.54, 1.807) is 0 Å². The van der Waals surface area contributed by atoms with Crippen LogP contribution < -0.4 is 0 Å². The Morgan fingerprint density at radius 3 is 2.59 bits per heavy atom. The minimum atomic E-state index is 0.306. The molecule has 1 nitrogen and oxygen atoms in total. The van der Waals surface area contributed by atoms with Crippen molar-refractivity contribution in [3.05, 3.63) is 64.4 Å². The van der Waals surface area contributed by atoms with Crippen LogP contribution in [-0.2, 0) is 6.42 Å². The number of hydrogen-bond acceptors (Lipinski definition) is 1. The Kier molecular flexibility index (Phi) is 4.19. The van der Waals surface area contributed by atoms with E-state index in [1.165, 1.54) is 11.1 Å². The Bertz CT molecular complexity index is 499. The number of benzene rings is 1. The van der Waals surface area contributed by atoms with Crippen molar-refractivity contribution in [2.45, 2.75) is 18.2 Å². The lowest BCUT2D eigenvalue weighted by Gasteiger charge is -2.11. The molecule has 1 unspecified atom stereocenters. The fourth-order valence-corrected chi connectivity index (χ4v) is 2.48. The predicted octanol–water partition coefficient (Wildman–Crippen LogP) is 4.72. The fraction of sp³-hybridized carbons (Fsp3) is 0.214. The Morgan fingerprint density at radius 1 is 1.24 bits per heavy atom. The van der Waals surface area contributed by atoms with Gasteiger partial charge in [0, 0.05) is 22.2 Å². The van der Waals surface area contributed by atoms with Crippen LogP contribution in [-0.4, -0.2) is 4.98 Å². The molecule has 17 heavy (non-hydrogen) atoms. The largest absolute Gasteiger partial charge is 0.265 e. The van der Waals surface area contributed by atoms with E-state index in [0.717, 1.165) is 17.0 Å². The Balaban J connectivity index is 2.14. The topological polar surface area (TPSA) is 12.9 Å². The highest BCUT2D eigenvalue weighted by Gasteiger charge is 2.09. The number of pyridine rings is 1. The van der Waals surface area contributed by atoms with E-state index >= 15 is 0 Å². The first-order chi connectivity index (χ1) is 8.16. The van der Waals surface area contributed by atoms with Crippen molar-refractivity contribution in [2.24, 2.45) is 0 Å². The third-order valence-corrected chi connectivity index (χ3v) is 3.98. The molecule has 88 valence electrons. The number of aryl methyl sites for hydroxylation is 1. The third-order valence-electron chi connectivity index (χ3n) is 2.71. The first-order valence-corrected chi connectivity index (χ1v) is 6.75. The van der Waals surface area contributed by atoms with E-state index in [9.17, 15) is 0 Å². The molecule has 0 aliphatic heterocycles. The zero-order valence-corrected chi connectivity index (χ0v) is 11.9. The van der Waals surface area contributed by atoms with E-state index in [4.69, 9.17) is 11.6 Å². The SMILES string of the molecule is Cc1cc(C(Br)Cc2ccncc2)ccc1Cl. The maximum absolute atomic E-state index is 6.02. The van der Waals surface area contributed by atoms with Crippen molar-refractivity contribution < 1.29 is 0 Å². The summed E-state index contributed by atoms with van der Waals surface area (Å²) in [6.07, 6.45) is 4.59. The molecule has 3 heteroatoms. The molecule has 0 saturated carbocycles. The van der Waals surface area contributed by atoms with Crippen molar-refractivity contribution in [1.82, 2.24) is 4.98 Å². The van der Waals surface area contributed by atoms with Gasteiger partial charge in [0.05, 0.1) is 0 Å². The number of alkyl halides is 1. The maximum Gasteiger partial charge on any atom is 0.0435 e. The first-order valence-electron chi connectivity index (χ1n) is 5.46. The predicted molar refractivity (Wildman–Crippen MR) is 75.8 cm³/mol. The molecular formula is C14H13BrClN. The highest BCUT2D eigenvalue weighted by Crippen LogP contribution is 2.29. The van der Waals surface area contributed by atoms with Crippen molar-refractivity contribution in [1.29, 1.82) is 0 Å². The molecular weight excluding hydrogens is 298 g/mol. The first kappa shape index (κ1) is 12.6. The molecule has 2 rings (SSSR count). The van der Waals surface area contributed by atoms with Gasteiger partial charge in [-0.25, -0.2) is 0 Å². The molecule has 1 aromatic heterocycles. The normalized spacial score (nSPS) is 12.4. The van der Waals surface area contributed by atoms with Crippen LogP contribution in [0, 0.1) is 6.92 Å². The molecule has 2 aromatic rings. The van der Waals surface area contributed by atoms with Crippen LogP contribution in [0.15, 0.2) is 42.7 Å². The summed E-state index contributed by atoms with van der Waals surface area (Å²) >= 11 is 9.74. The molecule has 0 aliphatic rings. The molecule has 1 aromatic carbocycles. The summed E-state index contributed by atoms with van der Waals surface area (Å²) in [6, 6.07) is 10.2. The van der Waals surface area contributed by atoms with E-state index in [-0.39, 0.29) is 0 Å². The van der Waals surface area contributed by atoms with Gasteiger partial charge < -0.3 is 0 Å². The number of aromatic nitrogens is 1. The lowest BCUT2D eigenvalue weighted by Crippen LogP contribution is -1.96. The molecule has 1 atom stereocenters. The van der Waals surface area contributed by atoms with Gasteiger partial charge in [-0.15, -0.1) is 0 Å². The molecule has 0 spiro atoms. The maximum atomic E-state index is 6.02. The minimum Gasteiger partial charge on any atom is -0.265 e. The summed E-state index contributed by atoms with van der Waals surface area (Å²) in [5.41, 5.74) is 3.64. The lowest BCUT2D eigenvalue weighted by molar-refractivity contribution is 0.942. The van der Waals surface area contributed by atoms with Crippen LogP contribution in [0.4, 0.5) is 0 Å². The third kappa shape index (κ3) is 3.30. The minimum absolute atomic E-state index is 0.306. The second-order valence-corrected chi connectivity index (χ2v) is 5.55. The molecule has 0 N–H and O–H groups in total. The Morgan fingerprint density at radius 2 is 1.94 bits per heavy atom. The molecule has 0 fully saturated rings. The van der Waals surface area contributed by atoms with Crippen LogP contribution in [0.3, 0.4) is 0 Å². The van der Waals surface area contributed by atoms with Gasteiger partial charge in [-0.05, 0) is 48.2 Å².